The molecule has 0 unspecified atom stereocenters. The van der Waals surface area contributed by atoms with Gasteiger partial charge in [-0.3, -0.25) is 0 Å². The van der Waals surface area contributed by atoms with Crippen molar-refractivity contribution in [1.82, 2.24) is 14.5 Å². The predicted octanol–water partition coefficient (Wildman–Crippen LogP) is 2.52. The van der Waals surface area contributed by atoms with Crippen LogP contribution < -0.4 is 0 Å². The molecule has 0 fully saturated rings. The van der Waals surface area contributed by atoms with E-state index in [1.54, 1.807) is 13.1 Å². The second-order valence-electron chi connectivity index (χ2n) is 3.30. The SMILES string of the molecule is CCn1ccnc1Sc1nc(C)c(C(=O)O)s1. The van der Waals surface area contributed by atoms with Crippen molar-refractivity contribution < 1.29 is 9.90 Å². The molecule has 0 aromatic carbocycles. The third-order valence-corrected chi connectivity index (χ3v) is 4.40. The van der Waals surface area contributed by atoms with Crippen molar-refractivity contribution in [3.63, 3.8) is 0 Å². The summed E-state index contributed by atoms with van der Waals surface area (Å²) >= 11 is 2.58. The highest BCUT2D eigenvalue weighted by atomic mass is 32.2. The Balaban J connectivity index is 2.25. The molecule has 5 nitrogen and oxygen atoms in total. The minimum absolute atomic E-state index is 0.294. The Morgan fingerprint density at radius 1 is 1.65 bits per heavy atom. The van der Waals surface area contributed by atoms with Gasteiger partial charge in [0, 0.05) is 18.9 Å². The summed E-state index contributed by atoms with van der Waals surface area (Å²) in [5, 5.41) is 9.78. The van der Waals surface area contributed by atoms with Gasteiger partial charge in [0.2, 0.25) is 0 Å². The summed E-state index contributed by atoms with van der Waals surface area (Å²) in [5.74, 6) is -0.925. The fourth-order valence-electron chi connectivity index (χ4n) is 1.33. The number of hydrogen-bond donors (Lipinski definition) is 1. The zero-order valence-corrected chi connectivity index (χ0v) is 11.0. The second kappa shape index (κ2) is 4.89. The molecule has 2 heterocycles. The summed E-state index contributed by atoms with van der Waals surface area (Å²) in [5.41, 5.74) is 0.555. The number of carboxylic acid groups (broad SMARTS) is 1. The van der Waals surface area contributed by atoms with E-state index in [2.05, 4.69) is 9.97 Å². The largest absolute Gasteiger partial charge is 0.477 e. The predicted molar refractivity (Wildman–Crippen MR) is 65.8 cm³/mol. The highest BCUT2D eigenvalue weighted by molar-refractivity contribution is 8.00. The van der Waals surface area contributed by atoms with Crippen molar-refractivity contribution in [3.05, 3.63) is 23.0 Å². The van der Waals surface area contributed by atoms with E-state index in [0.717, 1.165) is 11.7 Å². The molecule has 0 saturated heterocycles. The van der Waals surface area contributed by atoms with E-state index in [0.29, 0.717) is 14.9 Å². The van der Waals surface area contributed by atoms with Crippen LogP contribution in [-0.2, 0) is 6.54 Å². The molecule has 0 aliphatic heterocycles. The van der Waals surface area contributed by atoms with Gasteiger partial charge in [0.25, 0.3) is 0 Å². The van der Waals surface area contributed by atoms with E-state index in [1.807, 2.05) is 17.7 Å². The van der Waals surface area contributed by atoms with Gasteiger partial charge in [0.1, 0.15) is 4.88 Å². The van der Waals surface area contributed by atoms with Gasteiger partial charge in [-0.15, -0.1) is 0 Å². The van der Waals surface area contributed by atoms with Crippen molar-refractivity contribution >= 4 is 29.1 Å². The minimum Gasteiger partial charge on any atom is -0.477 e. The molecule has 1 N–H and O–H groups in total. The van der Waals surface area contributed by atoms with Gasteiger partial charge in [-0.1, -0.05) is 11.3 Å². The first-order valence-electron chi connectivity index (χ1n) is 5.01. The maximum Gasteiger partial charge on any atom is 0.347 e. The number of carboxylic acids is 1. The Morgan fingerprint density at radius 3 is 3.00 bits per heavy atom. The number of rotatable bonds is 4. The number of hydrogen-bond acceptors (Lipinski definition) is 5. The highest BCUT2D eigenvalue weighted by Crippen LogP contribution is 2.31. The highest BCUT2D eigenvalue weighted by Gasteiger charge is 2.15. The molecule has 0 amide bonds. The first kappa shape index (κ1) is 12.1. The van der Waals surface area contributed by atoms with Crippen molar-refractivity contribution in [2.45, 2.75) is 29.9 Å². The molecule has 7 heteroatoms. The van der Waals surface area contributed by atoms with Crippen molar-refractivity contribution in [1.29, 1.82) is 0 Å². The van der Waals surface area contributed by atoms with Crippen LogP contribution in [0.4, 0.5) is 0 Å². The molecule has 0 spiro atoms. The van der Waals surface area contributed by atoms with Crippen LogP contribution in [0.3, 0.4) is 0 Å². The third kappa shape index (κ3) is 2.50. The summed E-state index contributed by atoms with van der Waals surface area (Å²) in [6, 6.07) is 0. The van der Waals surface area contributed by atoms with Gasteiger partial charge in [-0.05, 0) is 25.6 Å². The van der Waals surface area contributed by atoms with Crippen LogP contribution in [-0.4, -0.2) is 25.6 Å². The van der Waals surface area contributed by atoms with Crippen LogP contribution in [0.15, 0.2) is 21.9 Å². The Morgan fingerprint density at radius 2 is 2.41 bits per heavy atom. The number of imidazole rings is 1. The van der Waals surface area contributed by atoms with Crippen LogP contribution in [0.5, 0.6) is 0 Å². The van der Waals surface area contributed by atoms with E-state index < -0.39 is 5.97 Å². The summed E-state index contributed by atoms with van der Waals surface area (Å²) in [6.45, 7) is 4.57. The van der Waals surface area contributed by atoms with E-state index in [-0.39, 0.29) is 0 Å². The lowest BCUT2D eigenvalue weighted by atomic mass is 10.4. The van der Waals surface area contributed by atoms with Gasteiger partial charge in [-0.2, -0.15) is 0 Å². The van der Waals surface area contributed by atoms with Gasteiger partial charge in [-0.25, -0.2) is 14.8 Å². The molecule has 0 atom stereocenters. The molecule has 0 radical (unpaired) electrons. The quantitative estimate of drug-likeness (QED) is 0.923. The Hall–Kier alpha value is -1.34. The van der Waals surface area contributed by atoms with Gasteiger partial charge < -0.3 is 9.67 Å². The van der Waals surface area contributed by atoms with Crippen LogP contribution in [0, 0.1) is 6.92 Å². The number of carbonyl (C=O) groups is 1. The molecular weight excluding hydrogens is 258 g/mol. The zero-order valence-electron chi connectivity index (χ0n) is 9.38. The molecule has 2 aromatic heterocycles. The molecule has 0 aliphatic carbocycles. The molecule has 2 rings (SSSR count). The zero-order chi connectivity index (χ0) is 12.4. The molecule has 2 aromatic rings. The Bertz CT molecular complexity index is 547. The number of nitrogens with zero attached hydrogens (tertiary/aromatic N) is 3. The lowest BCUT2D eigenvalue weighted by molar-refractivity contribution is 0.0701. The smallest absolute Gasteiger partial charge is 0.347 e. The number of aromatic carboxylic acids is 1. The van der Waals surface area contributed by atoms with Crippen LogP contribution in [0.1, 0.15) is 22.3 Å². The molecule has 0 aliphatic rings. The van der Waals surface area contributed by atoms with E-state index in [9.17, 15) is 4.79 Å². The fourth-order valence-corrected chi connectivity index (χ4v) is 3.37. The Labute approximate surface area is 107 Å². The molecule has 0 saturated carbocycles. The maximum atomic E-state index is 10.9. The summed E-state index contributed by atoms with van der Waals surface area (Å²) < 4.78 is 2.70. The van der Waals surface area contributed by atoms with E-state index >= 15 is 0 Å². The van der Waals surface area contributed by atoms with Crippen LogP contribution in [0.2, 0.25) is 0 Å². The maximum absolute atomic E-state index is 10.9. The van der Waals surface area contributed by atoms with Crippen molar-refractivity contribution in [2.75, 3.05) is 0 Å². The first-order valence-corrected chi connectivity index (χ1v) is 6.64. The number of aromatic nitrogens is 3. The lowest BCUT2D eigenvalue weighted by Crippen LogP contribution is -1.94. The summed E-state index contributed by atoms with van der Waals surface area (Å²) in [4.78, 5) is 19.6. The van der Waals surface area contributed by atoms with E-state index in [4.69, 9.17) is 5.11 Å². The van der Waals surface area contributed by atoms with Gasteiger partial charge in [0.05, 0.1) is 5.69 Å². The van der Waals surface area contributed by atoms with Crippen molar-refractivity contribution in [3.8, 4) is 0 Å². The monoisotopic (exact) mass is 269 g/mol. The second-order valence-corrected chi connectivity index (χ2v) is 5.51. The first-order chi connectivity index (χ1) is 8.11. The molecule has 0 bridgehead atoms. The average Bonchev–Trinajstić information content (AvgIpc) is 2.85. The van der Waals surface area contributed by atoms with Crippen molar-refractivity contribution in [2.24, 2.45) is 0 Å². The van der Waals surface area contributed by atoms with E-state index in [1.165, 1.54) is 23.1 Å². The minimum atomic E-state index is -0.925. The Kier molecular flexibility index (Phi) is 3.49. The number of thiazole rings is 1. The summed E-state index contributed by atoms with van der Waals surface area (Å²) in [6.07, 6.45) is 3.62. The fraction of sp³-hybridized carbons (Fsp3) is 0.300. The van der Waals surface area contributed by atoms with Gasteiger partial charge >= 0.3 is 5.97 Å². The third-order valence-electron chi connectivity index (χ3n) is 2.17. The standard InChI is InChI=1S/C10H11N3O2S2/c1-3-13-5-4-11-9(13)17-10-12-6(2)7(16-10)8(14)15/h4-5H,3H2,1-2H3,(H,14,15). The average molecular weight is 269 g/mol. The molecule has 17 heavy (non-hydrogen) atoms. The molecular formula is C10H11N3O2S2. The lowest BCUT2D eigenvalue weighted by Gasteiger charge is -2.00. The van der Waals surface area contributed by atoms with Gasteiger partial charge in [0.15, 0.2) is 9.50 Å². The van der Waals surface area contributed by atoms with Crippen LogP contribution in [0.25, 0.3) is 0 Å². The topological polar surface area (TPSA) is 68.0 Å². The van der Waals surface area contributed by atoms with Crippen LogP contribution >= 0.6 is 23.1 Å². The normalized spacial score (nSPS) is 10.7. The number of aryl methyl sites for hydroxylation is 2. The molecule has 90 valence electrons. The summed E-state index contributed by atoms with van der Waals surface area (Å²) in [7, 11) is 0.